The highest BCUT2D eigenvalue weighted by Gasteiger charge is 1.92. The number of hydrogen-bond donors (Lipinski definition) is 0. The second kappa shape index (κ2) is 4.67. The molecule has 1 aliphatic rings. The third-order valence-electron chi connectivity index (χ3n) is 2.45. The van der Waals surface area contributed by atoms with Gasteiger partial charge in [0.15, 0.2) is 0 Å². The Morgan fingerprint density at radius 1 is 1.00 bits per heavy atom. The maximum Gasteiger partial charge on any atom is 0.0106 e. The summed E-state index contributed by atoms with van der Waals surface area (Å²) >= 11 is 0. The summed E-state index contributed by atoms with van der Waals surface area (Å²) in [4.78, 5) is 2.02. The molecule has 0 radical (unpaired) electrons. The Balaban J connectivity index is 2.23. The van der Waals surface area contributed by atoms with Gasteiger partial charge in [0.25, 0.3) is 0 Å². The molecule has 1 aromatic rings. The van der Waals surface area contributed by atoms with Crippen LogP contribution < -0.4 is 10.4 Å². The summed E-state index contributed by atoms with van der Waals surface area (Å²) in [6.45, 7) is 3.86. The zero-order valence-corrected chi connectivity index (χ0v) is 9.43. The molecule has 0 N–H and O–H groups in total. The molecule has 0 fully saturated rings. The number of rotatable bonds is 1. The van der Waals surface area contributed by atoms with Crippen molar-refractivity contribution >= 4 is 12.7 Å². The van der Waals surface area contributed by atoms with Crippen molar-refractivity contribution in [1.82, 2.24) is 4.90 Å². The molecular weight excluding hydrogens is 194 g/mol. The molecule has 16 heavy (non-hydrogen) atoms. The first-order valence-electron chi connectivity index (χ1n) is 5.29. The van der Waals surface area contributed by atoms with E-state index < -0.39 is 0 Å². The summed E-state index contributed by atoms with van der Waals surface area (Å²) in [7, 11) is 2.01. The third kappa shape index (κ3) is 2.74. The van der Waals surface area contributed by atoms with Crippen LogP contribution in [0, 0.1) is 0 Å². The van der Waals surface area contributed by atoms with E-state index in [1.54, 1.807) is 0 Å². The van der Waals surface area contributed by atoms with Gasteiger partial charge in [-0.3, -0.25) is 0 Å². The van der Waals surface area contributed by atoms with Crippen molar-refractivity contribution in [3.8, 4) is 0 Å². The van der Waals surface area contributed by atoms with Crippen molar-refractivity contribution in [3.05, 3.63) is 70.9 Å². The molecule has 80 valence electrons. The van der Waals surface area contributed by atoms with Crippen LogP contribution in [0.2, 0.25) is 0 Å². The Morgan fingerprint density at radius 2 is 1.62 bits per heavy atom. The smallest absolute Gasteiger partial charge is 0.0106 e. The van der Waals surface area contributed by atoms with Crippen molar-refractivity contribution in [2.45, 2.75) is 0 Å². The largest absolute Gasteiger partial charge is 0.357 e. The fourth-order valence-corrected chi connectivity index (χ4v) is 1.44. The van der Waals surface area contributed by atoms with Crippen LogP contribution in [0.3, 0.4) is 0 Å². The lowest BCUT2D eigenvalue weighted by Gasteiger charge is -2.11. The minimum atomic E-state index is 1.05. The maximum absolute atomic E-state index is 3.86. The number of hydrogen-bond acceptors (Lipinski definition) is 1. The highest BCUT2D eigenvalue weighted by Crippen LogP contribution is 2.07. The monoisotopic (exact) mass is 209 g/mol. The van der Waals surface area contributed by atoms with E-state index in [2.05, 4.69) is 43.0 Å². The van der Waals surface area contributed by atoms with Gasteiger partial charge in [0.05, 0.1) is 0 Å². The Labute approximate surface area is 96.0 Å². The lowest BCUT2D eigenvalue weighted by Crippen LogP contribution is -2.05. The van der Waals surface area contributed by atoms with Gasteiger partial charge in [0.1, 0.15) is 0 Å². The molecule has 2 rings (SSSR count). The van der Waals surface area contributed by atoms with Crippen molar-refractivity contribution in [3.63, 3.8) is 0 Å². The van der Waals surface area contributed by atoms with Gasteiger partial charge >= 0.3 is 0 Å². The van der Waals surface area contributed by atoms with Crippen LogP contribution in [0.25, 0.3) is 12.7 Å². The fourth-order valence-electron chi connectivity index (χ4n) is 1.44. The summed E-state index contributed by atoms with van der Waals surface area (Å²) in [5, 5.41) is 2.24. The molecular formula is C15H15N. The highest BCUT2D eigenvalue weighted by atomic mass is 15.0. The summed E-state index contributed by atoms with van der Waals surface area (Å²) in [5.41, 5.74) is 1.21. The van der Waals surface area contributed by atoms with Gasteiger partial charge in [-0.2, -0.15) is 0 Å². The molecule has 0 unspecified atom stereocenters. The molecule has 0 atom stereocenters. The van der Waals surface area contributed by atoms with Crippen LogP contribution in [0.4, 0.5) is 0 Å². The van der Waals surface area contributed by atoms with Gasteiger partial charge in [-0.05, 0) is 28.2 Å². The quantitative estimate of drug-likeness (QED) is 0.681. The van der Waals surface area contributed by atoms with Gasteiger partial charge in [-0.1, -0.05) is 43.0 Å². The zero-order chi connectivity index (χ0) is 11.4. The molecule has 0 spiro atoms. The second-order valence-electron chi connectivity index (χ2n) is 3.87. The average Bonchev–Trinajstić information content (AvgIpc) is 2.30. The highest BCUT2D eigenvalue weighted by molar-refractivity contribution is 5.47. The molecule has 1 heteroatoms. The minimum absolute atomic E-state index is 1.05. The maximum atomic E-state index is 3.86. The van der Waals surface area contributed by atoms with E-state index in [9.17, 15) is 0 Å². The zero-order valence-electron chi connectivity index (χ0n) is 9.43. The van der Waals surface area contributed by atoms with Crippen LogP contribution in [-0.4, -0.2) is 11.9 Å². The molecule has 0 saturated heterocycles. The molecule has 1 nitrogen and oxygen atoms in total. The van der Waals surface area contributed by atoms with Gasteiger partial charge < -0.3 is 4.90 Å². The summed E-state index contributed by atoms with van der Waals surface area (Å²) in [5.74, 6) is 0. The van der Waals surface area contributed by atoms with Crippen LogP contribution in [0.1, 0.15) is 0 Å². The third-order valence-corrected chi connectivity index (χ3v) is 2.45. The van der Waals surface area contributed by atoms with Crippen LogP contribution in [-0.2, 0) is 0 Å². The summed E-state index contributed by atoms with van der Waals surface area (Å²) in [6, 6.07) is 8.18. The van der Waals surface area contributed by atoms with Crippen LogP contribution in [0.5, 0.6) is 0 Å². The molecule has 1 aromatic carbocycles. The molecule has 0 saturated carbocycles. The van der Waals surface area contributed by atoms with E-state index in [1.165, 1.54) is 10.8 Å². The standard InChI is InChI=1S/C15H15N/c1-13-3-5-14(6-4-13)7-8-15-9-11-16(2)12-10-15/h3-12H,1H2,2H3. The van der Waals surface area contributed by atoms with Crippen LogP contribution in [0.15, 0.2) is 60.5 Å². The topological polar surface area (TPSA) is 3.24 Å². The molecule has 0 bridgehead atoms. The summed E-state index contributed by atoms with van der Waals surface area (Å²) < 4.78 is 0. The first kappa shape index (κ1) is 10.5. The van der Waals surface area contributed by atoms with Crippen molar-refractivity contribution < 1.29 is 0 Å². The number of nitrogens with zero attached hydrogens (tertiary/aromatic N) is 1. The lowest BCUT2D eigenvalue weighted by molar-refractivity contribution is 0.620. The van der Waals surface area contributed by atoms with Gasteiger partial charge in [0.2, 0.25) is 0 Å². The molecule has 0 aliphatic carbocycles. The molecule has 0 amide bonds. The van der Waals surface area contributed by atoms with E-state index in [0.29, 0.717) is 0 Å². The van der Waals surface area contributed by atoms with Gasteiger partial charge in [-0.25, -0.2) is 0 Å². The Kier molecular flexibility index (Phi) is 3.06. The molecule has 0 aromatic heterocycles. The van der Waals surface area contributed by atoms with E-state index >= 15 is 0 Å². The first-order valence-corrected chi connectivity index (χ1v) is 5.29. The van der Waals surface area contributed by atoms with E-state index in [4.69, 9.17) is 0 Å². The predicted octanol–water partition coefficient (Wildman–Crippen LogP) is 1.78. The van der Waals surface area contributed by atoms with E-state index in [-0.39, 0.29) is 0 Å². The Hall–Kier alpha value is -2.02. The van der Waals surface area contributed by atoms with Crippen molar-refractivity contribution in [1.29, 1.82) is 0 Å². The second-order valence-corrected chi connectivity index (χ2v) is 3.87. The van der Waals surface area contributed by atoms with Crippen LogP contribution >= 0.6 is 0 Å². The van der Waals surface area contributed by atoms with Crippen molar-refractivity contribution in [2.75, 3.05) is 7.05 Å². The number of benzene rings is 1. The molecule has 1 heterocycles. The van der Waals surface area contributed by atoms with Gasteiger partial charge in [0, 0.05) is 19.4 Å². The normalized spacial score (nSPS) is 14.1. The fraction of sp³-hybridized carbons (Fsp3) is 0.0667. The lowest BCUT2D eigenvalue weighted by atomic mass is 10.2. The van der Waals surface area contributed by atoms with E-state index in [0.717, 1.165) is 5.22 Å². The minimum Gasteiger partial charge on any atom is -0.357 e. The number of allylic oxidation sites excluding steroid dienone is 4. The summed E-state index contributed by atoms with van der Waals surface area (Å²) in [6.07, 6.45) is 12.5. The SMILES string of the molecule is C=c1ccc(=CC=C2C=CN(C)C=C2)cc1. The Bertz CT molecular complexity index is 522. The average molecular weight is 209 g/mol. The van der Waals surface area contributed by atoms with Crippen molar-refractivity contribution in [2.24, 2.45) is 0 Å². The predicted molar refractivity (Wildman–Crippen MR) is 69.8 cm³/mol. The molecule has 1 aliphatic heterocycles. The van der Waals surface area contributed by atoms with E-state index in [1.807, 2.05) is 36.5 Å². The Morgan fingerprint density at radius 3 is 2.25 bits per heavy atom. The van der Waals surface area contributed by atoms with Gasteiger partial charge in [-0.15, -0.1) is 0 Å². The first-order chi connectivity index (χ1) is 7.74.